The van der Waals surface area contributed by atoms with Gasteiger partial charge in [0, 0.05) is 6.42 Å². The summed E-state index contributed by atoms with van der Waals surface area (Å²) in [5.41, 5.74) is 0. The molecule has 0 aromatic rings. The van der Waals surface area contributed by atoms with E-state index in [1.54, 1.807) is 0 Å². The van der Waals surface area contributed by atoms with Crippen molar-refractivity contribution in [2.24, 2.45) is 0 Å². The minimum absolute atomic E-state index is 0.264. The van der Waals surface area contributed by atoms with E-state index in [-0.39, 0.29) is 6.42 Å². The van der Waals surface area contributed by atoms with Crippen molar-refractivity contribution in [1.29, 1.82) is 0 Å². The van der Waals surface area contributed by atoms with E-state index < -0.39 is 11.8 Å². The molecular weight excluding hydrogens is 188 g/mol. The molecule has 0 aliphatic heterocycles. The maximum atomic E-state index is 9.01. The molecule has 14 heavy (non-hydrogen) atoms. The van der Waals surface area contributed by atoms with Gasteiger partial charge in [-0.05, 0) is 6.42 Å². The molecule has 5 nitrogen and oxygen atoms in total. The van der Waals surface area contributed by atoms with Crippen LogP contribution in [0.4, 0.5) is 0 Å². The second-order valence-corrected chi connectivity index (χ2v) is 3.62. The summed E-state index contributed by atoms with van der Waals surface area (Å²) in [7, 11) is 0. The third-order valence-corrected chi connectivity index (χ3v) is 2.17. The van der Waals surface area contributed by atoms with E-state index in [1.807, 2.05) is 0 Å². The van der Waals surface area contributed by atoms with Crippen LogP contribution in [0.1, 0.15) is 45.4 Å². The lowest BCUT2D eigenvalue weighted by atomic mass is 10.0. The van der Waals surface area contributed by atoms with Gasteiger partial charge in [0.1, 0.15) is 0 Å². The zero-order valence-corrected chi connectivity index (χ0v) is 8.48. The predicted molar refractivity (Wildman–Crippen MR) is 49.9 cm³/mol. The first-order valence-electron chi connectivity index (χ1n) is 4.93. The molecule has 0 unspecified atom stereocenters. The van der Waals surface area contributed by atoms with Crippen molar-refractivity contribution in [2.45, 2.75) is 57.2 Å². The summed E-state index contributed by atoms with van der Waals surface area (Å²) in [5.74, 6) is -6.29. The molecule has 0 fully saturated rings. The second-order valence-electron chi connectivity index (χ2n) is 3.62. The Kier molecular flexibility index (Phi) is 5.54. The summed E-state index contributed by atoms with van der Waals surface area (Å²) < 4.78 is 0. The third kappa shape index (κ3) is 4.88. The smallest absolute Gasteiger partial charge is 0.332 e. The Morgan fingerprint density at radius 3 is 1.71 bits per heavy atom. The molecule has 0 spiro atoms. The highest BCUT2D eigenvalue weighted by Crippen LogP contribution is 2.21. The van der Waals surface area contributed by atoms with Crippen LogP contribution in [0.3, 0.4) is 0 Å². The predicted octanol–water partition coefficient (Wildman–Crippen LogP) is -0.341. The second kappa shape index (κ2) is 5.63. The van der Waals surface area contributed by atoms with E-state index in [0.29, 0.717) is 6.42 Å². The van der Waals surface area contributed by atoms with E-state index in [2.05, 4.69) is 6.92 Å². The van der Waals surface area contributed by atoms with Crippen LogP contribution in [0, 0.1) is 0 Å². The van der Waals surface area contributed by atoms with Crippen LogP contribution in [0.2, 0.25) is 0 Å². The van der Waals surface area contributed by atoms with Gasteiger partial charge in [-0.3, -0.25) is 0 Å². The van der Waals surface area contributed by atoms with Gasteiger partial charge in [0.15, 0.2) is 0 Å². The van der Waals surface area contributed by atoms with Crippen molar-refractivity contribution >= 4 is 0 Å². The van der Waals surface area contributed by atoms with Crippen LogP contribution in [-0.2, 0) is 0 Å². The molecule has 0 heterocycles. The van der Waals surface area contributed by atoms with Crippen molar-refractivity contribution in [1.82, 2.24) is 0 Å². The molecule has 0 rings (SSSR count). The first-order chi connectivity index (χ1) is 6.31. The highest BCUT2D eigenvalue weighted by atomic mass is 16.7. The van der Waals surface area contributed by atoms with Gasteiger partial charge in [0.05, 0.1) is 0 Å². The van der Waals surface area contributed by atoms with Gasteiger partial charge in [-0.15, -0.1) is 0 Å². The minimum Gasteiger partial charge on any atom is -0.359 e. The molecule has 0 aliphatic rings. The fourth-order valence-corrected chi connectivity index (χ4v) is 1.14. The number of unbranched alkanes of at least 4 members (excludes halogenated alkanes) is 4. The zero-order chi connectivity index (χ0) is 11.2. The highest BCUT2D eigenvalue weighted by molar-refractivity contribution is 4.72. The molecule has 5 N–H and O–H groups in total. The molecule has 0 aliphatic carbocycles. The summed E-state index contributed by atoms with van der Waals surface area (Å²) in [6, 6.07) is 0. The van der Waals surface area contributed by atoms with E-state index in [1.165, 1.54) is 0 Å². The molecule has 0 bridgehead atoms. The van der Waals surface area contributed by atoms with Crippen LogP contribution >= 0.6 is 0 Å². The first-order valence-corrected chi connectivity index (χ1v) is 4.93. The van der Waals surface area contributed by atoms with E-state index in [9.17, 15) is 0 Å². The van der Waals surface area contributed by atoms with Crippen molar-refractivity contribution in [3.8, 4) is 0 Å². The summed E-state index contributed by atoms with van der Waals surface area (Å²) >= 11 is 0. The molecule has 0 aromatic carbocycles. The Morgan fingerprint density at radius 1 is 0.786 bits per heavy atom. The monoisotopic (exact) mass is 208 g/mol. The third-order valence-electron chi connectivity index (χ3n) is 2.17. The Morgan fingerprint density at radius 2 is 1.29 bits per heavy atom. The zero-order valence-electron chi connectivity index (χ0n) is 8.48. The molecule has 5 heteroatoms. The summed E-state index contributed by atoms with van der Waals surface area (Å²) in [6.45, 7) is 2.06. The fraction of sp³-hybridized carbons (Fsp3) is 1.00. The van der Waals surface area contributed by atoms with Gasteiger partial charge < -0.3 is 25.5 Å². The van der Waals surface area contributed by atoms with E-state index in [4.69, 9.17) is 25.5 Å². The van der Waals surface area contributed by atoms with E-state index >= 15 is 0 Å². The van der Waals surface area contributed by atoms with Gasteiger partial charge in [0.2, 0.25) is 5.79 Å². The molecule has 0 atom stereocenters. The van der Waals surface area contributed by atoms with Crippen molar-refractivity contribution in [3.63, 3.8) is 0 Å². The maximum absolute atomic E-state index is 9.01. The van der Waals surface area contributed by atoms with Crippen LogP contribution in [0.15, 0.2) is 0 Å². The molecule has 0 radical (unpaired) electrons. The molecule has 86 valence electrons. The first kappa shape index (κ1) is 13.8. The van der Waals surface area contributed by atoms with Gasteiger partial charge in [-0.25, -0.2) is 0 Å². The van der Waals surface area contributed by atoms with Crippen LogP contribution in [0.5, 0.6) is 0 Å². The highest BCUT2D eigenvalue weighted by Gasteiger charge is 2.45. The fourth-order valence-electron chi connectivity index (χ4n) is 1.14. The molecule has 0 saturated carbocycles. The molecule has 0 amide bonds. The lowest BCUT2D eigenvalue weighted by molar-refractivity contribution is -0.447. The van der Waals surface area contributed by atoms with E-state index in [0.717, 1.165) is 25.7 Å². The van der Waals surface area contributed by atoms with Gasteiger partial charge >= 0.3 is 5.97 Å². The molecule has 0 saturated heterocycles. The van der Waals surface area contributed by atoms with Crippen molar-refractivity contribution in [2.75, 3.05) is 0 Å². The lowest BCUT2D eigenvalue weighted by Gasteiger charge is -2.29. The lowest BCUT2D eigenvalue weighted by Crippen LogP contribution is -2.54. The quantitative estimate of drug-likeness (QED) is 0.291. The van der Waals surface area contributed by atoms with Gasteiger partial charge in [0.25, 0.3) is 0 Å². The Bertz CT molecular complexity index is 150. The molecule has 0 aromatic heterocycles. The SMILES string of the molecule is CCCCCCCC(O)(O)C(O)(O)O. The molecular formula is C9H20O5. The summed E-state index contributed by atoms with van der Waals surface area (Å²) in [5, 5.41) is 43.7. The van der Waals surface area contributed by atoms with Gasteiger partial charge in [-0.2, -0.15) is 0 Å². The van der Waals surface area contributed by atoms with Crippen molar-refractivity contribution in [3.05, 3.63) is 0 Å². The van der Waals surface area contributed by atoms with Crippen LogP contribution < -0.4 is 0 Å². The average Bonchev–Trinajstić information content (AvgIpc) is 2.02. The largest absolute Gasteiger partial charge is 0.359 e. The number of rotatable bonds is 7. The standard InChI is InChI=1S/C9H20O5/c1-2-3-4-5-6-7-8(10,11)9(12,13)14/h10-14H,2-7H2,1H3. The Balaban J connectivity index is 3.67. The normalized spacial score (nSPS) is 13.3. The summed E-state index contributed by atoms with van der Waals surface area (Å²) in [6.07, 6.45) is 4.03. The topological polar surface area (TPSA) is 101 Å². The van der Waals surface area contributed by atoms with Crippen LogP contribution in [0.25, 0.3) is 0 Å². The number of hydrogen-bond acceptors (Lipinski definition) is 5. The Hall–Kier alpha value is -0.200. The summed E-state index contributed by atoms with van der Waals surface area (Å²) in [4.78, 5) is 0. The Labute approximate surface area is 83.6 Å². The van der Waals surface area contributed by atoms with Gasteiger partial charge in [-0.1, -0.05) is 32.6 Å². The van der Waals surface area contributed by atoms with Crippen LogP contribution in [-0.4, -0.2) is 37.3 Å². The number of aliphatic hydroxyl groups is 5. The average molecular weight is 208 g/mol. The number of hydrogen-bond donors (Lipinski definition) is 5. The van der Waals surface area contributed by atoms with Crippen molar-refractivity contribution < 1.29 is 25.5 Å². The minimum atomic E-state index is -3.45. The maximum Gasteiger partial charge on any atom is 0.332 e.